The third-order valence-corrected chi connectivity index (χ3v) is 6.42. The van der Waals surface area contributed by atoms with E-state index < -0.39 is 5.41 Å². The first kappa shape index (κ1) is 20.4. The van der Waals surface area contributed by atoms with Gasteiger partial charge in [-0.15, -0.1) is 0 Å². The number of halogens is 1. The minimum atomic E-state index is -0.728. The Kier molecular flexibility index (Phi) is 6.02. The molecule has 1 saturated heterocycles. The van der Waals surface area contributed by atoms with Crippen molar-refractivity contribution in [3.05, 3.63) is 66.0 Å². The van der Waals surface area contributed by atoms with Crippen LogP contribution in [0.4, 0.5) is 10.1 Å². The Morgan fingerprint density at radius 1 is 0.933 bits per heavy atom. The van der Waals surface area contributed by atoms with Crippen molar-refractivity contribution < 1.29 is 14.0 Å². The quantitative estimate of drug-likeness (QED) is 0.826. The highest BCUT2D eigenvalue weighted by atomic mass is 19.1. The Labute approximate surface area is 176 Å². The molecule has 2 aliphatic rings. The predicted octanol–water partition coefficient (Wildman–Crippen LogP) is 3.10. The number of rotatable bonds is 5. The second kappa shape index (κ2) is 8.86. The maximum absolute atomic E-state index is 13.8. The Bertz CT molecular complexity index is 888. The molecule has 4 rings (SSSR count). The highest BCUT2D eigenvalue weighted by Gasteiger charge is 2.43. The van der Waals surface area contributed by atoms with Crippen LogP contribution in [-0.4, -0.2) is 49.4 Å². The summed E-state index contributed by atoms with van der Waals surface area (Å²) in [5, 5.41) is 2.86. The molecule has 1 heterocycles. The summed E-state index contributed by atoms with van der Waals surface area (Å²) in [7, 11) is 0. The number of hydrogen-bond acceptors (Lipinski definition) is 3. The van der Waals surface area contributed by atoms with E-state index in [-0.39, 0.29) is 24.2 Å². The van der Waals surface area contributed by atoms with Gasteiger partial charge in [0.2, 0.25) is 11.8 Å². The zero-order valence-electron chi connectivity index (χ0n) is 17.1. The van der Waals surface area contributed by atoms with Gasteiger partial charge >= 0.3 is 0 Å². The SMILES string of the molecule is O=C(CNC(=O)C1(c2cccc(F)c2)CCCC1)N1CCN(c2ccccc2)CC1. The fraction of sp³-hybridized carbons (Fsp3) is 0.417. The number of piperazine rings is 1. The van der Waals surface area contributed by atoms with Crippen LogP contribution in [0, 0.1) is 5.82 Å². The normalized spacial score (nSPS) is 18.3. The molecule has 30 heavy (non-hydrogen) atoms. The van der Waals surface area contributed by atoms with E-state index in [4.69, 9.17) is 0 Å². The molecule has 0 unspecified atom stereocenters. The molecule has 2 aromatic carbocycles. The number of carbonyl (C=O) groups is 2. The molecule has 2 aromatic rings. The van der Waals surface area contributed by atoms with Crippen LogP contribution >= 0.6 is 0 Å². The fourth-order valence-electron chi connectivity index (χ4n) is 4.70. The Morgan fingerprint density at radius 2 is 1.63 bits per heavy atom. The molecule has 0 bridgehead atoms. The van der Waals surface area contributed by atoms with Crippen molar-refractivity contribution in [2.45, 2.75) is 31.1 Å². The number of nitrogens with zero attached hydrogens (tertiary/aromatic N) is 2. The lowest BCUT2D eigenvalue weighted by Crippen LogP contribution is -2.52. The standard InChI is InChI=1S/C24H28FN3O2/c25-20-8-6-7-19(17-20)24(11-4-5-12-24)23(30)26-18-22(29)28-15-13-27(14-16-28)21-9-2-1-3-10-21/h1-3,6-10,17H,4-5,11-16,18H2,(H,26,30). The van der Waals surface area contributed by atoms with Crippen LogP contribution < -0.4 is 10.2 Å². The minimum Gasteiger partial charge on any atom is -0.368 e. The van der Waals surface area contributed by atoms with Gasteiger partial charge in [0.15, 0.2) is 0 Å². The first-order valence-corrected chi connectivity index (χ1v) is 10.7. The van der Waals surface area contributed by atoms with E-state index in [1.165, 1.54) is 12.1 Å². The number of carbonyl (C=O) groups excluding carboxylic acids is 2. The Balaban J connectivity index is 1.34. The van der Waals surface area contributed by atoms with Gasteiger partial charge in [0.05, 0.1) is 12.0 Å². The maximum Gasteiger partial charge on any atom is 0.242 e. The van der Waals surface area contributed by atoms with Crippen LogP contribution in [0.5, 0.6) is 0 Å². The lowest BCUT2D eigenvalue weighted by Gasteiger charge is -2.36. The van der Waals surface area contributed by atoms with Crippen molar-refractivity contribution in [2.75, 3.05) is 37.6 Å². The largest absolute Gasteiger partial charge is 0.368 e. The van der Waals surface area contributed by atoms with Crippen LogP contribution in [0.2, 0.25) is 0 Å². The van der Waals surface area contributed by atoms with Crippen molar-refractivity contribution in [3.8, 4) is 0 Å². The van der Waals surface area contributed by atoms with Gasteiger partial charge in [0.25, 0.3) is 0 Å². The highest BCUT2D eigenvalue weighted by molar-refractivity contribution is 5.92. The van der Waals surface area contributed by atoms with Gasteiger partial charge in [-0.3, -0.25) is 9.59 Å². The van der Waals surface area contributed by atoms with E-state index in [9.17, 15) is 14.0 Å². The lowest BCUT2D eigenvalue weighted by molar-refractivity contribution is -0.134. The zero-order chi connectivity index (χ0) is 21.0. The summed E-state index contributed by atoms with van der Waals surface area (Å²) >= 11 is 0. The van der Waals surface area contributed by atoms with Gasteiger partial charge in [-0.05, 0) is 42.7 Å². The second-order valence-electron chi connectivity index (χ2n) is 8.19. The van der Waals surface area contributed by atoms with Crippen LogP contribution in [0.1, 0.15) is 31.2 Å². The molecule has 1 N–H and O–H groups in total. The zero-order valence-corrected chi connectivity index (χ0v) is 17.1. The van der Waals surface area contributed by atoms with Gasteiger partial charge in [-0.2, -0.15) is 0 Å². The molecule has 1 saturated carbocycles. The third kappa shape index (κ3) is 4.18. The van der Waals surface area contributed by atoms with Crippen molar-refractivity contribution in [3.63, 3.8) is 0 Å². The van der Waals surface area contributed by atoms with Gasteiger partial charge in [-0.1, -0.05) is 43.2 Å². The molecule has 5 nitrogen and oxygen atoms in total. The van der Waals surface area contributed by atoms with Crippen molar-refractivity contribution in [1.82, 2.24) is 10.2 Å². The van der Waals surface area contributed by atoms with E-state index in [1.807, 2.05) is 29.2 Å². The van der Waals surface area contributed by atoms with Crippen LogP contribution in [0.25, 0.3) is 0 Å². The number of nitrogens with one attached hydrogen (secondary N) is 1. The molecule has 0 radical (unpaired) electrons. The average molecular weight is 410 g/mol. The Hall–Kier alpha value is -2.89. The second-order valence-corrected chi connectivity index (χ2v) is 8.19. The topological polar surface area (TPSA) is 52.7 Å². The number of hydrogen-bond donors (Lipinski definition) is 1. The highest BCUT2D eigenvalue weighted by Crippen LogP contribution is 2.41. The average Bonchev–Trinajstić information content (AvgIpc) is 3.29. The number of amides is 2. The molecule has 1 aliphatic heterocycles. The number of anilines is 1. The molecular formula is C24H28FN3O2. The molecular weight excluding hydrogens is 381 g/mol. The van der Waals surface area contributed by atoms with Gasteiger partial charge in [0, 0.05) is 31.9 Å². The van der Waals surface area contributed by atoms with E-state index >= 15 is 0 Å². The Morgan fingerprint density at radius 3 is 2.30 bits per heavy atom. The molecule has 0 atom stereocenters. The molecule has 6 heteroatoms. The summed E-state index contributed by atoms with van der Waals surface area (Å²) in [6.07, 6.45) is 3.23. The van der Waals surface area contributed by atoms with E-state index in [2.05, 4.69) is 22.3 Å². The molecule has 158 valence electrons. The minimum absolute atomic E-state index is 0.0127. The van der Waals surface area contributed by atoms with Crippen LogP contribution in [0.3, 0.4) is 0 Å². The van der Waals surface area contributed by atoms with E-state index in [1.54, 1.807) is 6.07 Å². The summed E-state index contributed by atoms with van der Waals surface area (Å²) in [4.78, 5) is 29.9. The summed E-state index contributed by atoms with van der Waals surface area (Å²) in [6, 6.07) is 16.5. The van der Waals surface area contributed by atoms with Crippen LogP contribution in [0.15, 0.2) is 54.6 Å². The van der Waals surface area contributed by atoms with Gasteiger partial charge in [-0.25, -0.2) is 4.39 Å². The molecule has 2 fully saturated rings. The number of para-hydroxylation sites is 1. The third-order valence-electron chi connectivity index (χ3n) is 6.42. The maximum atomic E-state index is 13.8. The lowest BCUT2D eigenvalue weighted by atomic mass is 9.78. The van der Waals surface area contributed by atoms with Crippen molar-refractivity contribution in [1.29, 1.82) is 0 Å². The molecule has 0 aromatic heterocycles. The molecule has 0 spiro atoms. The summed E-state index contributed by atoms with van der Waals surface area (Å²) in [5.74, 6) is -0.565. The fourth-order valence-corrected chi connectivity index (χ4v) is 4.70. The smallest absolute Gasteiger partial charge is 0.242 e. The summed E-state index contributed by atoms with van der Waals surface area (Å²) < 4.78 is 13.8. The predicted molar refractivity (Wildman–Crippen MR) is 115 cm³/mol. The first-order valence-electron chi connectivity index (χ1n) is 10.7. The summed E-state index contributed by atoms with van der Waals surface area (Å²) in [5.41, 5.74) is 1.14. The number of benzene rings is 2. The van der Waals surface area contributed by atoms with Crippen molar-refractivity contribution >= 4 is 17.5 Å². The van der Waals surface area contributed by atoms with Gasteiger partial charge in [0.1, 0.15) is 5.82 Å². The monoisotopic (exact) mass is 409 g/mol. The summed E-state index contributed by atoms with van der Waals surface area (Å²) in [6.45, 7) is 2.81. The molecule has 1 aliphatic carbocycles. The van der Waals surface area contributed by atoms with Crippen molar-refractivity contribution in [2.24, 2.45) is 0 Å². The van der Waals surface area contributed by atoms with Gasteiger partial charge < -0.3 is 15.1 Å². The van der Waals surface area contributed by atoms with Crippen LogP contribution in [-0.2, 0) is 15.0 Å². The van der Waals surface area contributed by atoms with E-state index in [0.717, 1.165) is 31.6 Å². The molecule has 2 amide bonds. The first-order chi connectivity index (χ1) is 14.6. The van der Waals surface area contributed by atoms with E-state index in [0.29, 0.717) is 31.5 Å².